The Morgan fingerprint density at radius 2 is 2.10 bits per heavy atom. The minimum absolute atomic E-state index is 0.0400. The maximum atomic E-state index is 12.7. The van der Waals surface area contributed by atoms with Crippen molar-refractivity contribution in [3.05, 3.63) is 35.8 Å². The van der Waals surface area contributed by atoms with Gasteiger partial charge in [-0.25, -0.2) is 9.97 Å². The van der Waals surface area contributed by atoms with Gasteiger partial charge >= 0.3 is 0 Å². The second-order valence-corrected chi connectivity index (χ2v) is 5.64. The van der Waals surface area contributed by atoms with Crippen LogP contribution in [0.4, 0.5) is 0 Å². The van der Waals surface area contributed by atoms with E-state index in [1.807, 2.05) is 36.1 Å². The fourth-order valence-corrected chi connectivity index (χ4v) is 2.88. The van der Waals surface area contributed by atoms with E-state index < -0.39 is 0 Å². The predicted octanol–water partition coefficient (Wildman–Crippen LogP) is 2.81. The first kappa shape index (κ1) is 13.0. The summed E-state index contributed by atoms with van der Waals surface area (Å²) in [6, 6.07) is 7.72. The number of carbonyl (C=O) groups excluding carboxylic acids is 1. The van der Waals surface area contributed by atoms with Crippen LogP contribution < -0.4 is 0 Å². The smallest absolute Gasteiger partial charge is 0.273 e. The molecule has 0 bridgehead atoms. The molecule has 1 saturated heterocycles. The van der Waals surface area contributed by atoms with Crippen molar-refractivity contribution in [3.63, 3.8) is 0 Å². The number of amides is 1. The molecule has 0 N–H and O–H groups in total. The van der Waals surface area contributed by atoms with Crippen LogP contribution in [0.15, 0.2) is 24.3 Å². The first-order valence-corrected chi connectivity index (χ1v) is 7.18. The second kappa shape index (κ2) is 5.19. The van der Waals surface area contributed by atoms with E-state index in [0.29, 0.717) is 17.4 Å². The Labute approximate surface area is 118 Å². The van der Waals surface area contributed by atoms with Crippen molar-refractivity contribution in [3.8, 4) is 0 Å². The lowest BCUT2D eigenvalue weighted by atomic mass is 10.00. The van der Waals surface area contributed by atoms with Gasteiger partial charge in [0.1, 0.15) is 11.5 Å². The number of nitrogens with zero attached hydrogens (tertiary/aromatic N) is 3. The van der Waals surface area contributed by atoms with Gasteiger partial charge in [0.05, 0.1) is 5.52 Å². The first-order chi connectivity index (χ1) is 9.65. The summed E-state index contributed by atoms with van der Waals surface area (Å²) in [5.41, 5.74) is 1.38. The van der Waals surface area contributed by atoms with Crippen LogP contribution in [0.1, 0.15) is 36.1 Å². The third-order valence-corrected chi connectivity index (χ3v) is 3.86. The summed E-state index contributed by atoms with van der Waals surface area (Å²) in [6.45, 7) is 5.70. The van der Waals surface area contributed by atoms with Gasteiger partial charge in [0.15, 0.2) is 0 Å². The number of likely N-dealkylation sites (tertiary alicyclic amines) is 1. The Morgan fingerprint density at radius 1 is 1.30 bits per heavy atom. The van der Waals surface area contributed by atoms with Crippen LogP contribution in [-0.4, -0.2) is 33.9 Å². The lowest BCUT2D eigenvalue weighted by molar-refractivity contribution is 0.0679. The highest BCUT2D eigenvalue weighted by Gasteiger charge is 2.24. The fourth-order valence-electron chi connectivity index (χ4n) is 2.88. The number of hydrogen-bond acceptors (Lipinski definition) is 3. The molecular weight excluding hydrogens is 250 g/mol. The molecule has 3 rings (SSSR count). The van der Waals surface area contributed by atoms with E-state index in [0.717, 1.165) is 30.4 Å². The number of piperidine rings is 1. The van der Waals surface area contributed by atoms with Gasteiger partial charge < -0.3 is 4.90 Å². The van der Waals surface area contributed by atoms with Crippen LogP contribution in [-0.2, 0) is 0 Å². The highest BCUT2D eigenvalue weighted by molar-refractivity contribution is 6.04. The van der Waals surface area contributed by atoms with Gasteiger partial charge in [-0.05, 0) is 31.7 Å². The van der Waals surface area contributed by atoms with E-state index >= 15 is 0 Å². The summed E-state index contributed by atoms with van der Waals surface area (Å²) < 4.78 is 0. The molecule has 0 radical (unpaired) electrons. The Morgan fingerprint density at radius 3 is 2.90 bits per heavy atom. The predicted molar refractivity (Wildman–Crippen MR) is 78.6 cm³/mol. The first-order valence-electron chi connectivity index (χ1n) is 7.18. The number of fused-ring (bicyclic) bond motifs is 1. The van der Waals surface area contributed by atoms with E-state index in [1.54, 1.807) is 0 Å². The van der Waals surface area contributed by atoms with Gasteiger partial charge in [-0.1, -0.05) is 25.1 Å². The summed E-state index contributed by atoms with van der Waals surface area (Å²) in [5, 5.41) is 0.848. The Bertz CT molecular complexity index is 653. The largest absolute Gasteiger partial charge is 0.337 e. The summed E-state index contributed by atoms with van der Waals surface area (Å²) in [4.78, 5) is 23.5. The van der Waals surface area contributed by atoms with Gasteiger partial charge in [0.2, 0.25) is 0 Å². The molecule has 1 aliphatic heterocycles. The zero-order valence-electron chi connectivity index (χ0n) is 12.0. The van der Waals surface area contributed by atoms with Crippen molar-refractivity contribution in [2.24, 2.45) is 5.92 Å². The number of carbonyl (C=O) groups is 1. The van der Waals surface area contributed by atoms with E-state index in [9.17, 15) is 4.79 Å². The topological polar surface area (TPSA) is 46.1 Å². The molecular formula is C16H19N3O. The summed E-state index contributed by atoms with van der Waals surface area (Å²) in [6.07, 6.45) is 2.28. The SMILES string of the molecule is Cc1nc(C(=O)N2CCCC(C)C2)c2ccccc2n1. The van der Waals surface area contributed by atoms with Crippen molar-refractivity contribution in [1.82, 2.24) is 14.9 Å². The number of benzene rings is 1. The normalized spacial score (nSPS) is 19.3. The van der Waals surface area contributed by atoms with Crippen molar-refractivity contribution in [1.29, 1.82) is 0 Å². The number of aryl methyl sites for hydroxylation is 1. The molecule has 0 aliphatic carbocycles. The van der Waals surface area contributed by atoms with Gasteiger partial charge in [-0.2, -0.15) is 0 Å². The number of rotatable bonds is 1. The van der Waals surface area contributed by atoms with Crippen molar-refractivity contribution < 1.29 is 4.79 Å². The second-order valence-electron chi connectivity index (χ2n) is 5.64. The molecule has 1 fully saturated rings. The van der Waals surface area contributed by atoms with Crippen LogP contribution in [0.5, 0.6) is 0 Å². The van der Waals surface area contributed by atoms with Gasteiger partial charge in [-0.3, -0.25) is 4.79 Å². The van der Waals surface area contributed by atoms with E-state index in [1.165, 1.54) is 6.42 Å². The number of hydrogen-bond donors (Lipinski definition) is 0. The summed E-state index contributed by atoms with van der Waals surface area (Å²) in [7, 11) is 0. The third kappa shape index (κ3) is 2.38. The highest BCUT2D eigenvalue weighted by atomic mass is 16.2. The average molecular weight is 269 g/mol. The summed E-state index contributed by atoms with van der Waals surface area (Å²) in [5.74, 6) is 1.26. The molecule has 0 saturated carbocycles. The molecule has 4 nitrogen and oxygen atoms in total. The molecule has 1 aromatic carbocycles. The number of aromatic nitrogens is 2. The van der Waals surface area contributed by atoms with Crippen molar-refractivity contribution in [2.75, 3.05) is 13.1 Å². The van der Waals surface area contributed by atoms with E-state index in [4.69, 9.17) is 0 Å². The molecule has 20 heavy (non-hydrogen) atoms. The molecule has 4 heteroatoms. The lowest BCUT2D eigenvalue weighted by Crippen LogP contribution is -2.39. The maximum absolute atomic E-state index is 12.7. The Hall–Kier alpha value is -1.97. The molecule has 1 aliphatic rings. The molecule has 2 aromatic rings. The van der Waals surface area contributed by atoms with Crippen LogP contribution >= 0.6 is 0 Å². The van der Waals surface area contributed by atoms with Crippen molar-refractivity contribution >= 4 is 16.8 Å². The highest BCUT2D eigenvalue weighted by Crippen LogP contribution is 2.21. The zero-order valence-corrected chi connectivity index (χ0v) is 12.0. The molecule has 2 heterocycles. The van der Waals surface area contributed by atoms with Crippen LogP contribution in [0.2, 0.25) is 0 Å². The molecule has 1 atom stereocenters. The maximum Gasteiger partial charge on any atom is 0.273 e. The molecule has 1 amide bonds. The third-order valence-electron chi connectivity index (χ3n) is 3.86. The lowest BCUT2D eigenvalue weighted by Gasteiger charge is -2.30. The van der Waals surface area contributed by atoms with Gasteiger partial charge in [0.25, 0.3) is 5.91 Å². The van der Waals surface area contributed by atoms with E-state index in [2.05, 4.69) is 16.9 Å². The van der Waals surface area contributed by atoms with E-state index in [-0.39, 0.29) is 5.91 Å². The van der Waals surface area contributed by atoms with Gasteiger partial charge in [-0.15, -0.1) is 0 Å². The Kier molecular flexibility index (Phi) is 3.38. The van der Waals surface area contributed by atoms with Gasteiger partial charge in [0, 0.05) is 18.5 Å². The quantitative estimate of drug-likeness (QED) is 0.799. The fraction of sp³-hybridized carbons (Fsp3) is 0.438. The minimum Gasteiger partial charge on any atom is -0.337 e. The average Bonchev–Trinajstić information content (AvgIpc) is 2.45. The van der Waals surface area contributed by atoms with Crippen LogP contribution in [0.3, 0.4) is 0 Å². The van der Waals surface area contributed by atoms with Crippen molar-refractivity contribution in [2.45, 2.75) is 26.7 Å². The molecule has 1 unspecified atom stereocenters. The minimum atomic E-state index is 0.0400. The number of para-hydroxylation sites is 1. The molecule has 1 aromatic heterocycles. The van der Waals surface area contributed by atoms with Crippen LogP contribution in [0, 0.1) is 12.8 Å². The standard InChI is InChI=1S/C16H19N3O/c1-11-6-5-9-19(10-11)16(20)15-13-7-3-4-8-14(13)17-12(2)18-15/h3-4,7-8,11H,5-6,9-10H2,1-2H3. The molecule has 104 valence electrons. The summed E-state index contributed by atoms with van der Waals surface area (Å²) >= 11 is 0. The zero-order chi connectivity index (χ0) is 14.1. The molecule has 0 spiro atoms. The van der Waals surface area contributed by atoms with Crippen LogP contribution in [0.25, 0.3) is 10.9 Å². The Balaban J connectivity index is 2.02. The monoisotopic (exact) mass is 269 g/mol.